The number of aromatic amines is 1. The van der Waals surface area contributed by atoms with E-state index in [4.69, 9.17) is 5.11 Å². The molecule has 0 spiro atoms. The normalized spacial score (nSPS) is 10.6. The minimum atomic E-state index is -0.800. The average molecular weight is 421 g/mol. The Morgan fingerprint density at radius 2 is 2.06 bits per heavy atom. The molecule has 0 saturated carbocycles. The molecular weight excluding hydrogens is 411 g/mol. The van der Waals surface area contributed by atoms with Gasteiger partial charge < -0.3 is 5.11 Å². The van der Waals surface area contributed by atoms with Crippen molar-refractivity contribution in [2.24, 2.45) is 0 Å². The molecule has 0 bridgehead atoms. The quantitative estimate of drug-likeness (QED) is 0.744. The van der Waals surface area contributed by atoms with Crippen molar-refractivity contribution < 1.29 is 9.90 Å². The summed E-state index contributed by atoms with van der Waals surface area (Å²) in [5.41, 5.74) is 2.75. The van der Waals surface area contributed by atoms with E-state index in [2.05, 4.69) is 48.7 Å². The first-order valence-electron chi connectivity index (χ1n) is 5.28. The van der Waals surface area contributed by atoms with Crippen molar-refractivity contribution in [2.45, 2.75) is 12.8 Å². The van der Waals surface area contributed by atoms with Gasteiger partial charge in [0.05, 0.1) is 9.99 Å². The van der Waals surface area contributed by atoms with E-state index >= 15 is 0 Å². The van der Waals surface area contributed by atoms with Crippen molar-refractivity contribution in [2.75, 3.05) is 0 Å². The molecule has 0 aliphatic rings. The molecule has 0 atom stereocenters. The average Bonchev–Trinajstić information content (AvgIpc) is 2.69. The van der Waals surface area contributed by atoms with Crippen molar-refractivity contribution in [1.29, 1.82) is 0 Å². The fourth-order valence-electron chi connectivity index (χ4n) is 1.56. The van der Waals surface area contributed by atoms with Crippen molar-refractivity contribution in [3.05, 3.63) is 38.0 Å². The maximum atomic E-state index is 10.6. The van der Waals surface area contributed by atoms with E-state index < -0.39 is 5.97 Å². The molecule has 2 aromatic rings. The standard InChI is InChI=1S/C12H10BrIN2O2/c13-8-3-1-7(2-4-8)12-11(14)9(15-16-12)5-6-10(17)18/h1-4H,5-6H2,(H,15,16)(H,17,18). The smallest absolute Gasteiger partial charge is 0.303 e. The predicted molar refractivity (Wildman–Crippen MR) is 80.4 cm³/mol. The number of H-pyrrole nitrogens is 1. The molecule has 0 saturated heterocycles. The number of hydrogen-bond acceptors (Lipinski definition) is 2. The summed E-state index contributed by atoms with van der Waals surface area (Å²) in [4.78, 5) is 10.6. The van der Waals surface area contributed by atoms with Crippen LogP contribution in [0.2, 0.25) is 0 Å². The topological polar surface area (TPSA) is 66.0 Å². The number of aromatic nitrogens is 2. The lowest BCUT2D eigenvalue weighted by molar-refractivity contribution is -0.136. The minimum absolute atomic E-state index is 0.109. The predicted octanol–water partition coefficient (Wildman–Crippen LogP) is 3.46. The Bertz CT molecular complexity index is 566. The zero-order chi connectivity index (χ0) is 13.1. The van der Waals surface area contributed by atoms with E-state index in [1.54, 1.807) is 0 Å². The highest BCUT2D eigenvalue weighted by molar-refractivity contribution is 14.1. The molecule has 0 aliphatic carbocycles. The van der Waals surface area contributed by atoms with Crippen LogP contribution >= 0.6 is 38.5 Å². The molecule has 6 heteroatoms. The van der Waals surface area contributed by atoms with E-state index in [9.17, 15) is 4.79 Å². The number of nitrogens with one attached hydrogen (secondary N) is 1. The van der Waals surface area contributed by atoms with E-state index in [1.807, 2.05) is 24.3 Å². The third-order valence-corrected chi connectivity index (χ3v) is 4.17. The molecule has 18 heavy (non-hydrogen) atoms. The molecule has 0 unspecified atom stereocenters. The van der Waals surface area contributed by atoms with Crippen LogP contribution in [0, 0.1) is 3.57 Å². The van der Waals surface area contributed by atoms with Gasteiger partial charge >= 0.3 is 5.97 Å². The van der Waals surface area contributed by atoms with E-state index in [-0.39, 0.29) is 6.42 Å². The van der Waals surface area contributed by atoms with Crippen molar-refractivity contribution >= 4 is 44.5 Å². The molecular formula is C12H10BrIN2O2. The number of nitrogens with zero attached hydrogens (tertiary/aromatic N) is 1. The summed E-state index contributed by atoms with van der Waals surface area (Å²) in [7, 11) is 0. The van der Waals surface area contributed by atoms with Crippen LogP contribution in [-0.4, -0.2) is 21.3 Å². The van der Waals surface area contributed by atoms with Crippen LogP contribution < -0.4 is 0 Å². The number of aryl methyl sites for hydroxylation is 1. The van der Waals surface area contributed by atoms with Crippen LogP contribution in [0.5, 0.6) is 0 Å². The van der Waals surface area contributed by atoms with Gasteiger partial charge in [0, 0.05) is 22.2 Å². The number of rotatable bonds is 4. The third-order valence-electron chi connectivity index (χ3n) is 2.48. The van der Waals surface area contributed by atoms with Gasteiger partial charge in [0.15, 0.2) is 0 Å². The number of carboxylic acid groups (broad SMARTS) is 1. The largest absolute Gasteiger partial charge is 0.481 e. The first-order chi connectivity index (χ1) is 8.58. The Balaban J connectivity index is 2.25. The summed E-state index contributed by atoms with van der Waals surface area (Å²) in [6, 6.07) is 7.86. The van der Waals surface area contributed by atoms with Gasteiger partial charge in [0.25, 0.3) is 0 Å². The summed E-state index contributed by atoms with van der Waals surface area (Å²) in [6.45, 7) is 0. The van der Waals surface area contributed by atoms with Crippen molar-refractivity contribution in [3.63, 3.8) is 0 Å². The number of aliphatic carboxylic acids is 1. The first-order valence-corrected chi connectivity index (χ1v) is 7.15. The molecule has 1 aromatic heterocycles. The van der Waals surface area contributed by atoms with E-state index in [1.165, 1.54) is 0 Å². The molecule has 4 nitrogen and oxygen atoms in total. The van der Waals surface area contributed by atoms with Gasteiger partial charge in [-0.25, -0.2) is 0 Å². The highest BCUT2D eigenvalue weighted by atomic mass is 127. The van der Waals surface area contributed by atoms with Gasteiger partial charge in [-0.1, -0.05) is 28.1 Å². The summed E-state index contributed by atoms with van der Waals surface area (Å²) < 4.78 is 2.00. The molecule has 1 heterocycles. The summed E-state index contributed by atoms with van der Waals surface area (Å²) in [5, 5.41) is 15.8. The van der Waals surface area contributed by atoms with Gasteiger partial charge in [-0.15, -0.1) is 0 Å². The summed E-state index contributed by atoms with van der Waals surface area (Å²) in [6.07, 6.45) is 0.578. The summed E-state index contributed by atoms with van der Waals surface area (Å²) >= 11 is 5.58. The number of carbonyl (C=O) groups is 1. The van der Waals surface area contributed by atoms with Gasteiger partial charge in [0.1, 0.15) is 5.69 Å². The Morgan fingerprint density at radius 3 is 2.67 bits per heavy atom. The molecule has 2 rings (SSSR count). The second kappa shape index (κ2) is 5.83. The highest BCUT2D eigenvalue weighted by Gasteiger charge is 2.13. The fraction of sp³-hybridized carbons (Fsp3) is 0.167. The van der Waals surface area contributed by atoms with Gasteiger partial charge in [-0.05, 0) is 34.7 Å². The molecule has 94 valence electrons. The maximum Gasteiger partial charge on any atom is 0.303 e. The molecule has 1 aromatic carbocycles. The van der Waals surface area contributed by atoms with Crippen LogP contribution in [0.1, 0.15) is 12.1 Å². The minimum Gasteiger partial charge on any atom is -0.481 e. The Hall–Kier alpha value is -0.890. The first kappa shape index (κ1) is 13.5. The SMILES string of the molecule is O=C(O)CCc1[nH]nc(-c2ccc(Br)cc2)c1I. The fourth-order valence-corrected chi connectivity index (χ4v) is 2.65. The Morgan fingerprint density at radius 1 is 1.39 bits per heavy atom. The van der Waals surface area contributed by atoms with Gasteiger partial charge in [0.2, 0.25) is 0 Å². The zero-order valence-electron chi connectivity index (χ0n) is 9.28. The van der Waals surface area contributed by atoms with Crippen LogP contribution in [0.4, 0.5) is 0 Å². The number of carboxylic acids is 1. The van der Waals surface area contributed by atoms with E-state index in [0.29, 0.717) is 6.42 Å². The zero-order valence-corrected chi connectivity index (χ0v) is 13.0. The van der Waals surface area contributed by atoms with Crippen LogP contribution in [0.15, 0.2) is 28.7 Å². The lowest BCUT2D eigenvalue weighted by Gasteiger charge is -1.99. The van der Waals surface area contributed by atoms with Crippen LogP contribution in [-0.2, 0) is 11.2 Å². The monoisotopic (exact) mass is 420 g/mol. The van der Waals surface area contributed by atoms with Crippen molar-refractivity contribution in [1.82, 2.24) is 10.2 Å². The second-order valence-corrected chi connectivity index (χ2v) is 5.76. The number of benzene rings is 1. The Labute approximate surface area is 126 Å². The number of halogens is 2. The Kier molecular flexibility index (Phi) is 4.39. The van der Waals surface area contributed by atoms with Gasteiger partial charge in [-0.2, -0.15) is 5.10 Å². The maximum absolute atomic E-state index is 10.6. The van der Waals surface area contributed by atoms with E-state index in [0.717, 1.165) is 25.0 Å². The summed E-state index contributed by atoms with van der Waals surface area (Å²) in [5.74, 6) is -0.800. The molecule has 0 aliphatic heterocycles. The van der Waals surface area contributed by atoms with Gasteiger partial charge in [-0.3, -0.25) is 9.89 Å². The van der Waals surface area contributed by atoms with Crippen LogP contribution in [0.25, 0.3) is 11.3 Å². The number of hydrogen-bond donors (Lipinski definition) is 2. The lowest BCUT2D eigenvalue weighted by atomic mass is 10.1. The van der Waals surface area contributed by atoms with Crippen molar-refractivity contribution in [3.8, 4) is 11.3 Å². The second-order valence-electron chi connectivity index (χ2n) is 3.77. The molecule has 0 fully saturated rings. The van der Waals surface area contributed by atoms with Crippen LogP contribution in [0.3, 0.4) is 0 Å². The molecule has 0 amide bonds. The molecule has 2 N–H and O–H groups in total. The lowest BCUT2D eigenvalue weighted by Crippen LogP contribution is -1.98. The highest BCUT2D eigenvalue weighted by Crippen LogP contribution is 2.27. The third kappa shape index (κ3) is 3.11. The molecule has 0 radical (unpaired) electrons.